The van der Waals surface area contributed by atoms with Crippen LogP contribution in [0.5, 0.6) is 5.75 Å². The molecule has 0 aromatic heterocycles. The highest BCUT2D eigenvalue weighted by Gasteiger charge is 2.77. The van der Waals surface area contributed by atoms with E-state index in [1.54, 1.807) is 28.8 Å². The van der Waals surface area contributed by atoms with Gasteiger partial charge in [0, 0.05) is 17.0 Å². The number of anilines is 1. The van der Waals surface area contributed by atoms with Crippen molar-refractivity contribution < 1.29 is 24.2 Å². The first kappa shape index (κ1) is 28.5. The number of thioether (sulfide) groups is 1. The minimum absolute atomic E-state index is 0.206. The number of benzene rings is 2. The van der Waals surface area contributed by atoms with Gasteiger partial charge in [0.1, 0.15) is 11.8 Å². The van der Waals surface area contributed by atoms with E-state index in [2.05, 4.69) is 24.5 Å². The van der Waals surface area contributed by atoms with E-state index in [4.69, 9.17) is 4.74 Å². The van der Waals surface area contributed by atoms with E-state index < -0.39 is 33.4 Å². The largest absolute Gasteiger partial charge is 0.494 e. The highest BCUT2D eigenvalue weighted by Crippen LogP contribution is 2.72. The summed E-state index contributed by atoms with van der Waals surface area (Å²) in [5, 5.41) is 16.7. The van der Waals surface area contributed by atoms with Crippen LogP contribution in [0, 0.1) is 11.8 Å². The Bertz CT molecular complexity index is 1240. The number of fused-ring (bicyclic) bond motifs is 1. The highest BCUT2D eigenvalue weighted by molar-refractivity contribution is 8.02. The summed E-state index contributed by atoms with van der Waals surface area (Å²) in [5.41, 5.74) is 1.40. The van der Waals surface area contributed by atoms with Crippen LogP contribution in [0.1, 0.15) is 58.1 Å². The number of amides is 3. The van der Waals surface area contributed by atoms with Gasteiger partial charge in [-0.25, -0.2) is 0 Å². The number of rotatable bonds is 11. The van der Waals surface area contributed by atoms with E-state index in [9.17, 15) is 19.5 Å². The van der Waals surface area contributed by atoms with Crippen molar-refractivity contribution >= 4 is 35.2 Å². The lowest BCUT2D eigenvalue weighted by Crippen LogP contribution is -2.54. The van der Waals surface area contributed by atoms with E-state index in [1.165, 1.54) is 0 Å². The lowest BCUT2D eigenvalue weighted by atomic mass is 9.66. The third-order valence-electron chi connectivity index (χ3n) is 8.70. The molecule has 6 atom stereocenters. The van der Waals surface area contributed by atoms with Crippen LogP contribution in [-0.2, 0) is 14.4 Å². The quantitative estimate of drug-likeness (QED) is 0.353. The molecular weight excluding hydrogens is 526 g/mol. The molecule has 3 amide bonds. The molecule has 2 bridgehead atoms. The lowest BCUT2D eigenvalue weighted by Gasteiger charge is -2.37. The Balaban J connectivity index is 1.51. The van der Waals surface area contributed by atoms with Gasteiger partial charge in [0.15, 0.2) is 0 Å². The Labute approximate surface area is 240 Å². The normalized spacial score (nSPS) is 29.2. The van der Waals surface area contributed by atoms with Crippen molar-refractivity contribution in [2.24, 2.45) is 11.8 Å². The number of aliphatic hydroxyl groups is 1. The van der Waals surface area contributed by atoms with Crippen molar-refractivity contribution in [2.75, 3.05) is 25.1 Å². The van der Waals surface area contributed by atoms with Crippen molar-refractivity contribution in [3.63, 3.8) is 0 Å². The molecule has 214 valence electrons. The number of nitrogens with one attached hydrogen (secondary N) is 2. The Morgan fingerprint density at radius 3 is 2.48 bits per heavy atom. The summed E-state index contributed by atoms with van der Waals surface area (Å²) in [6.45, 7) is 6.79. The van der Waals surface area contributed by atoms with Crippen LogP contribution >= 0.6 is 11.8 Å². The minimum atomic E-state index is -0.783. The SMILES string of the molecule is CCCCNC(=O)C1N([C@H](CO)c2ccccc2)C(=O)[C@@H]2[C@@H](C(=O)Nc3ccc(OCC)cc3)[C@@]3(C)CCC12S3. The fraction of sp³-hybridized carbons (Fsp3) is 0.516. The molecule has 0 saturated carbocycles. The minimum Gasteiger partial charge on any atom is -0.494 e. The molecule has 2 aromatic rings. The summed E-state index contributed by atoms with van der Waals surface area (Å²) in [7, 11) is 0. The zero-order valence-electron chi connectivity index (χ0n) is 23.4. The molecule has 3 N–H and O–H groups in total. The summed E-state index contributed by atoms with van der Waals surface area (Å²) >= 11 is 1.63. The van der Waals surface area contributed by atoms with E-state index >= 15 is 0 Å². The first-order valence-corrected chi connectivity index (χ1v) is 15.1. The Kier molecular flexibility index (Phi) is 8.15. The molecular formula is C31H39N3O5S. The van der Waals surface area contributed by atoms with Gasteiger partial charge in [0.05, 0.1) is 35.8 Å². The van der Waals surface area contributed by atoms with Crippen molar-refractivity contribution in [3.05, 3.63) is 60.2 Å². The second-order valence-corrected chi connectivity index (χ2v) is 13.1. The van der Waals surface area contributed by atoms with Crippen LogP contribution in [0.3, 0.4) is 0 Å². The van der Waals surface area contributed by atoms with Gasteiger partial charge in [-0.2, -0.15) is 0 Å². The highest BCUT2D eigenvalue weighted by atomic mass is 32.2. The van der Waals surface area contributed by atoms with Gasteiger partial charge in [0.2, 0.25) is 17.7 Å². The molecule has 40 heavy (non-hydrogen) atoms. The maximum absolute atomic E-state index is 14.4. The maximum Gasteiger partial charge on any atom is 0.244 e. The van der Waals surface area contributed by atoms with E-state index in [1.807, 2.05) is 49.4 Å². The van der Waals surface area contributed by atoms with Crippen LogP contribution in [0.4, 0.5) is 5.69 Å². The third kappa shape index (κ3) is 4.77. The average Bonchev–Trinajstić information content (AvgIpc) is 3.52. The van der Waals surface area contributed by atoms with Gasteiger partial charge in [0.25, 0.3) is 0 Å². The smallest absolute Gasteiger partial charge is 0.244 e. The zero-order valence-corrected chi connectivity index (χ0v) is 24.2. The fourth-order valence-electron chi connectivity index (χ4n) is 6.94. The number of hydrogen-bond donors (Lipinski definition) is 3. The number of unbranched alkanes of at least 4 members (excludes halogenated alkanes) is 1. The first-order chi connectivity index (χ1) is 19.3. The predicted molar refractivity (Wildman–Crippen MR) is 156 cm³/mol. The van der Waals surface area contributed by atoms with Crippen molar-refractivity contribution in [3.8, 4) is 5.75 Å². The van der Waals surface area contributed by atoms with E-state index in [0.717, 1.165) is 30.6 Å². The monoisotopic (exact) mass is 565 g/mol. The Morgan fingerprint density at radius 2 is 1.82 bits per heavy atom. The van der Waals surface area contributed by atoms with Gasteiger partial charge in [-0.1, -0.05) is 43.7 Å². The van der Waals surface area contributed by atoms with Gasteiger partial charge < -0.3 is 25.4 Å². The molecule has 5 rings (SSSR count). The van der Waals surface area contributed by atoms with Crippen LogP contribution in [-0.4, -0.2) is 63.0 Å². The molecule has 8 nitrogen and oxygen atoms in total. The summed E-state index contributed by atoms with van der Waals surface area (Å²) < 4.78 is 4.29. The molecule has 0 radical (unpaired) electrons. The van der Waals surface area contributed by atoms with Gasteiger partial charge in [-0.15, -0.1) is 11.8 Å². The zero-order chi connectivity index (χ0) is 28.5. The van der Waals surface area contributed by atoms with Crippen molar-refractivity contribution in [1.29, 1.82) is 0 Å². The number of nitrogens with zero attached hydrogens (tertiary/aromatic N) is 1. The number of aliphatic hydroxyl groups excluding tert-OH is 1. The molecule has 0 aliphatic carbocycles. The number of carbonyl (C=O) groups excluding carboxylic acids is 3. The maximum atomic E-state index is 14.4. The van der Waals surface area contributed by atoms with Gasteiger partial charge in [-0.3, -0.25) is 14.4 Å². The molecule has 2 unspecified atom stereocenters. The Hall–Kier alpha value is -3.04. The fourth-order valence-corrected chi connectivity index (χ4v) is 9.28. The summed E-state index contributed by atoms with van der Waals surface area (Å²) in [4.78, 5) is 43.9. The molecule has 3 aliphatic heterocycles. The summed E-state index contributed by atoms with van der Waals surface area (Å²) in [6.07, 6.45) is 3.16. The molecule has 9 heteroatoms. The molecule has 3 fully saturated rings. The molecule has 2 aromatic carbocycles. The van der Waals surface area contributed by atoms with Gasteiger partial charge in [-0.05, 0) is 62.9 Å². The first-order valence-electron chi connectivity index (χ1n) is 14.3. The van der Waals surface area contributed by atoms with Gasteiger partial charge >= 0.3 is 0 Å². The van der Waals surface area contributed by atoms with E-state index in [-0.39, 0.29) is 24.3 Å². The number of hydrogen-bond acceptors (Lipinski definition) is 6. The number of carbonyl (C=O) groups is 3. The van der Waals surface area contributed by atoms with Crippen LogP contribution in [0.25, 0.3) is 0 Å². The second-order valence-electron chi connectivity index (χ2n) is 11.2. The van der Waals surface area contributed by atoms with Crippen molar-refractivity contribution in [2.45, 2.75) is 68.0 Å². The van der Waals surface area contributed by atoms with Crippen LogP contribution in [0.15, 0.2) is 54.6 Å². The Morgan fingerprint density at radius 1 is 1.10 bits per heavy atom. The van der Waals surface area contributed by atoms with Crippen LogP contribution < -0.4 is 15.4 Å². The summed E-state index contributed by atoms with van der Waals surface area (Å²) in [5.74, 6) is -1.22. The topological polar surface area (TPSA) is 108 Å². The standard InChI is InChI=1S/C31H39N3O5S/c1-4-6-18-32-28(37)26-31-17-16-30(3,40-31)24(27(36)33-21-12-14-22(15-13-21)39-5-2)25(31)29(38)34(26)23(19-35)20-10-8-7-9-11-20/h7-15,23-26,35H,4-6,16-19H2,1-3H3,(H,32,37)(H,33,36)/t23-,24+,25+,26?,30-,31?/m1/s1. The molecule has 3 heterocycles. The number of likely N-dealkylation sites (tertiary alicyclic amines) is 1. The lowest BCUT2D eigenvalue weighted by molar-refractivity contribution is -0.142. The average molecular weight is 566 g/mol. The predicted octanol–water partition coefficient (Wildman–Crippen LogP) is 4.16. The van der Waals surface area contributed by atoms with E-state index in [0.29, 0.717) is 25.3 Å². The molecule has 3 saturated heterocycles. The molecule has 1 spiro atoms. The van der Waals surface area contributed by atoms with Crippen molar-refractivity contribution in [1.82, 2.24) is 10.2 Å². The van der Waals surface area contributed by atoms with Crippen LogP contribution in [0.2, 0.25) is 0 Å². The molecule has 3 aliphatic rings. The second kappa shape index (κ2) is 11.4. The number of ether oxygens (including phenoxy) is 1. The summed E-state index contributed by atoms with van der Waals surface area (Å²) in [6, 6.07) is 15.1. The third-order valence-corrected chi connectivity index (χ3v) is 10.7.